The Balaban J connectivity index is 2.23. The van der Waals surface area contributed by atoms with Crippen LogP contribution in [0.15, 0.2) is 28.8 Å². The molecule has 0 atom stereocenters. The van der Waals surface area contributed by atoms with Gasteiger partial charge in [-0.25, -0.2) is 0 Å². The molecule has 0 aliphatic heterocycles. The maximum atomic E-state index is 10.7. The van der Waals surface area contributed by atoms with Gasteiger partial charge in [-0.1, -0.05) is 30.6 Å². The Labute approximate surface area is 104 Å². The van der Waals surface area contributed by atoms with Crippen LogP contribution in [-0.4, -0.2) is 15.1 Å². The molecule has 0 spiro atoms. The molecule has 0 fully saturated rings. The van der Waals surface area contributed by atoms with Crippen LogP contribution in [0, 0.1) is 10.1 Å². The first-order valence-corrected chi connectivity index (χ1v) is 5.78. The van der Waals surface area contributed by atoms with Gasteiger partial charge in [-0.15, -0.1) is 0 Å². The third-order valence-electron chi connectivity index (χ3n) is 2.53. The van der Waals surface area contributed by atoms with E-state index >= 15 is 0 Å². The summed E-state index contributed by atoms with van der Waals surface area (Å²) in [5, 5.41) is 14.5. The number of nitro groups is 1. The fourth-order valence-corrected chi connectivity index (χ4v) is 1.56. The molecule has 94 valence electrons. The average Bonchev–Trinajstić information content (AvgIpc) is 2.85. The molecule has 6 nitrogen and oxygen atoms in total. The zero-order valence-electron chi connectivity index (χ0n) is 10.00. The molecule has 0 aliphatic rings. The maximum Gasteiger partial charge on any atom is 0.270 e. The van der Waals surface area contributed by atoms with Gasteiger partial charge in [0.1, 0.15) is 0 Å². The Morgan fingerprint density at radius 3 is 3.00 bits per heavy atom. The van der Waals surface area contributed by atoms with Gasteiger partial charge in [0.15, 0.2) is 0 Å². The molecule has 0 N–H and O–H groups in total. The summed E-state index contributed by atoms with van der Waals surface area (Å²) in [6, 6.07) is 6.20. The number of non-ortho nitro benzene ring substituents is 1. The summed E-state index contributed by atoms with van der Waals surface area (Å²) in [7, 11) is 0. The van der Waals surface area contributed by atoms with Crippen molar-refractivity contribution < 1.29 is 9.45 Å². The van der Waals surface area contributed by atoms with E-state index in [-0.39, 0.29) is 5.69 Å². The van der Waals surface area contributed by atoms with Crippen LogP contribution in [0.2, 0.25) is 0 Å². The quantitative estimate of drug-likeness (QED) is 0.599. The number of nitro benzene ring substituents is 1. The van der Waals surface area contributed by atoms with Gasteiger partial charge < -0.3 is 4.52 Å². The molecule has 0 saturated heterocycles. The average molecular weight is 247 g/mol. The van der Waals surface area contributed by atoms with E-state index in [0.29, 0.717) is 17.3 Å². The van der Waals surface area contributed by atoms with Gasteiger partial charge in [-0.05, 0) is 6.42 Å². The van der Waals surface area contributed by atoms with Gasteiger partial charge in [0.05, 0.1) is 4.92 Å². The van der Waals surface area contributed by atoms with Gasteiger partial charge in [0.2, 0.25) is 11.7 Å². The number of benzene rings is 1. The van der Waals surface area contributed by atoms with Crippen molar-refractivity contribution >= 4 is 5.69 Å². The molecule has 0 amide bonds. The molecule has 1 aromatic heterocycles. The first-order chi connectivity index (χ1) is 8.70. The van der Waals surface area contributed by atoms with Gasteiger partial charge in [0.25, 0.3) is 5.69 Å². The molecule has 6 heteroatoms. The van der Waals surface area contributed by atoms with Crippen LogP contribution in [0.4, 0.5) is 5.69 Å². The van der Waals surface area contributed by atoms with Crippen molar-refractivity contribution in [2.75, 3.05) is 0 Å². The number of aromatic nitrogens is 2. The van der Waals surface area contributed by atoms with Gasteiger partial charge >= 0.3 is 0 Å². The highest BCUT2D eigenvalue weighted by molar-refractivity contribution is 5.58. The molecule has 0 saturated carbocycles. The second-order valence-corrected chi connectivity index (χ2v) is 3.92. The lowest BCUT2D eigenvalue weighted by atomic mass is 10.2. The second-order valence-electron chi connectivity index (χ2n) is 3.92. The van der Waals surface area contributed by atoms with Gasteiger partial charge in [-0.3, -0.25) is 10.1 Å². The lowest BCUT2D eigenvalue weighted by molar-refractivity contribution is -0.384. The Bertz CT molecular complexity index is 551. The number of rotatable bonds is 5. The number of hydrogen-bond acceptors (Lipinski definition) is 5. The predicted molar refractivity (Wildman–Crippen MR) is 65.0 cm³/mol. The molecule has 18 heavy (non-hydrogen) atoms. The molecular formula is C12H13N3O3. The topological polar surface area (TPSA) is 82.1 Å². The highest BCUT2D eigenvalue weighted by Gasteiger charge is 2.12. The van der Waals surface area contributed by atoms with Crippen molar-refractivity contribution in [2.24, 2.45) is 0 Å². The van der Waals surface area contributed by atoms with Crippen LogP contribution >= 0.6 is 0 Å². The Morgan fingerprint density at radius 2 is 2.28 bits per heavy atom. The van der Waals surface area contributed by atoms with E-state index < -0.39 is 4.92 Å². The second kappa shape index (κ2) is 5.39. The van der Waals surface area contributed by atoms with E-state index in [1.54, 1.807) is 12.1 Å². The normalized spacial score (nSPS) is 10.5. The molecule has 0 radical (unpaired) electrons. The number of nitrogens with zero attached hydrogens (tertiary/aromatic N) is 3. The summed E-state index contributed by atoms with van der Waals surface area (Å²) in [6.07, 6.45) is 2.77. The van der Waals surface area contributed by atoms with Crippen molar-refractivity contribution in [3.8, 4) is 11.4 Å². The largest absolute Gasteiger partial charge is 0.339 e. The lowest BCUT2D eigenvalue weighted by Crippen LogP contribution is -1.89. The van der Waals surface area contributed by atoms with Crippen LogP contribution in [0.1, 0.15) is 25.7 Å². The third-order valence-corrected chi connectivity index (χ3v) is 2.53. The van der Waals surface area contributed by atoms with Crippen LogP contribution in [0.25, 0.3) is 11.4 Å². The minimum Gasteiger partial charge on any atom is -0.339 e. The molecule has 2 rings (SSSR count). The van der Waals surface area contributed by atoms with Gasteiger partial charge in [-0.2, -0.15) is 4.98 Å². The maximum absolute atomic E-state index is 10.7. The Hall–Kier alpha value is -2.24. The Kier molecular flexibility index (Phi) is 3.66. The zero-order valence-corrected chi connectivity index (χ0v) is 10.00. The van der Waals surface area contributed by atoms with Crippen LogP contribution in [-0.2, 0) is 6.42 Å². The molecule has 0 bridgehead atoms. The third kappa shape index (κ3) is 2.71. The first-order valence-electron chi connectivity index (χ1n) is 5.78. The van der Waals surface area contributed by atoms with E-state index in [1.807, 2.05) is 0 Å². The summed E-state index contributed by atoms with van der Waals surface area (Å²) in [4.78, 5) is 14.4. The Morgan fingerprint density at radius 1 is 1.44 bits per heavy atom. The zero-order chi connectivity index (χ0) is 13.0. The fraction of sp³-hybridized carbons (Fsp3) is 0.333. The smallest absolute Gasteiger partial charge is 0.270 e. The molecule has 2 aromatic rings. The number of hydrogen-bond donors (Lipinski definition) is 0. The summed E-state index contributed by atoms with van der Waals surface area (Å²) in [5.41, 5.74) is 0.614. The highest BCUT2D eigenvalue weighted by atomic mass is 16.6. The standard InChI is InChI=1S/C12H13N3O3/c1-2-3-7-11-13-12(14-18-11)9-5-4-6-10(8-9)15(16)17/h4-6,8H,2-3,7H2,1H3. The molecule has 0 unspecified atom stereocenters. The summed E-state index contributed by atoms with van der Waals surface area (Å²) < 4.78 is 5.09. The fourth-order valence-electron chi connectivity index (χ4n) is 1.56. The van der Waals surface area contributed by atoms with Gasteiger partial charge in [0, 0.05) is 24.1 Å². The van der Waals surface area contributed by atoms with Crippen molar-refractivity contribution in [3.63, 3.8) is 0 Å². The van der Waals surface area contributed by atoms with Crippen molar-refractivity contribution in [2.45, 2.75) is 26.2 Å². The first kappa shape index (κ1) is 12.2. The summed E-state index contributed by atoms with van der Waals surface area (Å²) >= 11 is 0. The minimum atomic E-state index is -0.443. The van der Waals surface area contributed by atoms with Crippen LogP contribution in [0.5, 0.6) is 0 Å². The van der Waals surface area contributed by atoms with Crippen molar-refractivity contribution in [1.29, 1.82) is 0 Å². The van der Waals surface area contributed by atoms with E-state index in [0.717, 1.165) is 19.3 Å². The lowest BCUT2D eigenvalue weighted by Gasteiger charge is -1.94. The van der Waals surface area contributed by atoms with E-state index in [4.69, 9.17) is 4.52 Å². The van der Waals surface area contributed by atoms with Crippen molar-refractivity contribution in [1.82, 2.24) is 10.1 Å². The molecule has 1 heterocycles. The minimum absolute atomic E-state index is 0.0207. The monoisotopic (exact) mass is 247 g/mol. The predicted octanol–water partition coefficient (Wildman–Crippen LogP) is 2.99. The van der Waals surface area contributed by atoms with E-state index in [1.165, 1.54) is 12.1 Å². The molecule has 1 aromatic carbocycles. The molecular weight excluding hydrogens is 234 g/mol. The molecule has 0 aliphatic carbocycles. The number of aryl methyl sites for hydroxylation is 1. The van der Waals surface area contributed by atoms with E-state index in [9.17, 15) is 10.1 Å². The number of unbranched alkanes of at least 4 members (excludes halogenated alkanes) is 1. The summed E-state index contributed by atoms with van der Waals surface area (Å²) in [5.74, 6) is 0.961. The van der Waals surface area contributed by atoms with E-state index in [2.05, 4.69) is 17.1 Å². The SMILES string of the molecule is CCCCc1nc(-c2cccc([N+](=O)[O-])c2)no1. The highest BCUT2D eigenvalue weighted by Crippen LogP contribution is 2.21. The van der Waals surface area contributed by atoms with Crippen LogP contribution < -0.4 is 0 Å². The summed E-state index contributed by atoms with van der Waals surface area (Å²) in [6.45, 7) is 2.08. The van der Waals surface area contributed by atoms with Crippen LogP contribution in [0.3, 0.4) is 0 Å². The van der Waals surface area contributed by atoms with Crippen molar-refractivity contribution in [3.05, 3.63) is 40.3 Å².